The summed E-state index contributed by atoms with van der Waals surface area (Å²) >= 11 is 0. The summed E-state index contributed by atoms with van der Waals surface area (Å²) in [6.45, 7) is 7.97. The van der Waals surface area contributed by atoms with Crippen molar-refractivity contribution in [2.45, 2.75) is 50.9 Å². The van der Waals surface area contributed by atoms with Crippen LogP contribution in [0.2, 0.25) is 0 Å². The Bertz CT molecular complexity index is 509. The fourth-order valence-corrected chi connectivity index (χ4v) is 2.50. The number of sulfone groups is 1. The molecule has 1 rings (SSSR count). The molecule has 0 saturated heterocycles. The van der Waals surface area contributed by atoms with E-state index in [-0.39, 0.29) is 5.41 Å². The first kappa shape index (κ1) is 16.2. The van der Waals surface area contributed by atoms with Crippen LogP contribution >= 0.6 is 0 Å². The zero-order chi connectivity index (χ0) is 14.8. The molecule has 1 aromatic rings. The average Bonchev–Trinajstić information content (AvgIpc) is 2.26. The van der Waals surface area contributed by atoms with Gasteiger partial charge in [-0.3, -0.25) is 0 Å². The van der Waals surface area contributed by atoms with Crippen LogP contribution in [-0.4, -0.2) is 31.1 Å². The van der Waals surface area contributed by atoms with E-state index in [9.17, 15) is 13.5 Å². The van der Waals surface area contributed by atoms with Gasteiger partial charge in [0, 0.05) is 6.26 Å². The van der Waals surface area contributed by atoms with Crippen LogP contribution in [0.5, 0.6) is 0 Å². The topological polar surface area (TPSA) is 54.4 Å². The predicted molar refractivity (Wildman–Crippen MR) is 79.2 cm³/mol. The maximum atomic E-state index is 11.4. The molecule has 0 radical (unpaired) electrons. The van der Waals surface area contributed by atoms with Gasteiger partial charge in [0.05, 0.1) is 11.4 Å². The van der Waals surface area contributed by atoms with E-state index in [2.05, 4.69) is 20.8 Å². The van der Waals surface area contributed by atoms with E-state index in [4.69, 9.17) is 0 Å². The summed E-state index contributed by atoms with van der Waals surface area (Å²) in [5.41, 5.74) is 2.27. The molecule has 0 aromatic heterocycles. The quantitative estimate of drug-likeness (QED) is 0.923. The van der Waals surface area contributed by atoms with Crippen molar-refractivity contribution in [1.82, 2.24) is 0 Å². The molecule has 4 heteroatoms. The SMILES string of the molecule is CC(C(O)Cc1ccc(C(C)(C)C)cc1)S(C)(=O)=O. The van der Waals surface area contributed by atoms with Crippen LogP contribution in [0, 0.1) is 0 Å². The van der Waals surface area contributed by atoms with Crippen molar-refractivity contribution in [1.29, 1.82) is 0 Å². The largest absolute Gasteiger partial charge is 0.391 e. The first-order valence-electron chi connectivity index (χ1n) is 6.48. The minimum atomic E-state index is -3.20. The zero-order valence-corrected chi connectivity index (χ0v) is 13.2. The number of benzene rings is 1. The molecule has 0 aliphatic heterocycles. The second-order valence-corrected chi connectivity index (χ2v) is 8.66. The third-order valence-electron chi connectivity index (χ3n) is 3.48. The standard InChI is InChI=1S/C15H24O3S/c1-11(19(5,17)18)14(16)10-12-6-8-13(9-7-12)15(2,3)4/h6-9,11,14,16H,10H2,1-5H3. The molecule has 108 valence electrons. The summed E-state index contributed by atoms with van der Waals surface area (Å²) in [4.78, 5) is 0. The van der Waals surface area contributed by atoms with Crippen molar-refractivity contribution in [2.24, 2.45) is 0 Å². The molecule has 19 heavy (non-hydrogen) atoms. The summed E-state index contributed by atoms with van der Waals surface area (Å²) in [6.07, 6.45) is 0.651. The number of aliphatic hydroxyl groups excluding tert-OH is 1. The summed E-state index contributed by atoms with van der Waals surface area (Å²) in [6, 6.07) is 7.98. The van der Waals surface area contributed by atoms with Gasteiger partial charge in [-0.15, -0.1) is 0 Å². The molecule has 0 aliphatic rings. The Balaban J connectivity index is 2.79. The maximum absolute atomic E-state index is 11.4. The Kier molecular flexibility index (Phi) is 4.80. The number of rotatable bonds is 4. The Hall–Kier alpha value is -0.870. The third kappa shape index (κ3) is 4.62. The van der Waals surface area contributed by atoms with Crippen molar-refractivity contribution in [3.63, 3.8) is 0 Å². The van der Waals surface area contributed by atoms with Gasteiger partial charge in [-0.05, 0) is 29.9 Å². The minimum absolute atomic E-state index is 0.0944. The fraction of sp³-hybridized carbons (Fsp3) is 0.600. The van der Waals surface area contributed by atoms with Crippen molar-refractivity contribution in [3.8, 4) is 0 Å². The molecule has 2 unspecified atom stereocenters. The molecule has 0 bridgehead atoms. The molecule has 0 fully saturated rings. The molecule has 1 N–H and O–H groups in total. The van der Waals surface area contributed by atoms with Crippen LogP contribution in [0.4, 0.5) is 0 Å². The number of aliphatic hydroxyl groups is 1. The van der Waals surface area contributed by atoms with Gasteiger partial charge in [0.1, 0.15) is 0 Å². The lowest BCUT2D eigenvalue weighted by Crippen LogP contribution is -2.32. The molecule has 0 amide bonds. The van der Waals surface area contributed by atoms with Crippen molar-refractivity contribution < 1.29 is 13.5 Å². The number of hydrogen-bond donors (Lipinski definition) is 1. The molecule has 0 heterocycles. The monoisotopic (exact) mass is 284 g/mol. The molecular weight excluding hydrogens is 260 g/mol. The van der Waals surface area contributed by atoms with Crippen molar-refractivity contribution in [2.75, 3.05) is 6.26 Å². The van der Waals surface area contributed by atoms with Crippen LogP contribution in [-0.2, 0) is 21.7 Å². The van der Waals surface area contributed by atoms with Gasteiger partial charge in [-0.2, -0.15) is 0 Å². The summed E-state index contributed by atoms with van der Waals surface area (Å²) in [5.74, 6) is 0. The first-order chi connectivity index (χ1) is 8.51. The number of hydrogen-bond acceptors (Lipinski definition) is 3. The lowest BCUT2D eigenvalue weighted by atomic mass is 9.86. The lowest BCUT2D eigenvalue weighted by Gasteiger charge is -2.20. The zero-order valence-electron chi connectivity index (χ0n) is 12.3. The van der Waals surface area contributed by atoms with Gasteiger partial charge in [0.2, 0.25) is 0 Å². The van der Waals surface area contributed by atoms with Crippen LogP contribution in [0.25, 0.3) is 0 Å². The van der Waals surface area contributed by atoms with Gasteiger partial charge in [0.15, 0.2) is 9.84 Å². The Morgan fingerprint density at radius 1 is 1.16 bits per heavy atom. The van der Waals surface area contributed by atoms with E-state index in [1.54, 1.807) is 6.92 Å². The van der Waals surface area contributed by atoms with Crippen molar-refractivity contribution in [3.05, 3.63) is 35.4 Å². The van der Waals surface area contributed by atoms with E-state index in [1.165, 1.54) is 5.56 Å². The molecule has 0 saturated carbocycles. The van der Waals surface area contributed by atoms with Gasteiger partial charge in [0.25, 0.3) is 0 Å². The van der Waals surface area contributed by atoms with E-state index < -0.39 is 21.2 Å². The van der Waals surface area contributed by atoms with Crippen LogP contribution in [0.1, 0.15) is 38.8 Å². The van der Waals surface area contributed by atoms with Gasteiger partial charge in [-0.1, -0.05) is 45.0 Å². The van der Waals surface area contributed by atoms with Crippen molar-refractivity contribution >= 4 is 9.84 Å². The fourth-order valence-electron chi connectivity index (χ4n) is 1.83. The van der Waals surface area contributed by atoms with E-state index >= 15 is 0 Å². The second kappa shape index (κ2) is 5.63. The van der Waals surface area contributed by atoms with Crippen LogP contribution < -0.4 is 0 Å². The van der Waals surface area contributed by atoms with E-state index in [0.717, 1.165) is 11.8 Å². The van der Waals surface area contributed by atoms with Crippen LogP contribution in [0.3, 0.4) is 0 Å². The predicted octanol–water partition coefficient (Wildman–Crippen LogP) is 2.32. The van der Waals surface area contributed by atoms with Crippen LogP contribution in [0.15, 0.2) is 24.3 Å². The third-order valence-corrected chi connectivity index (χ3v) is 5.15. The first-order valence-corrected chi connectivity index (χ1v) is 8.43. The lowest BCUT2D eigenvalue weighted by molar-refractivity contribution is 0.173. The highest BCUT2D eigenvalue weighted by Crippen LogP contribution is 2.22. The highest BCUT2D eigenvalue weighted by molar-refractivity contribution is 7.91. The maximum Gasteiger partial charge on any atom is 0.152 e. The van der Waals surface area contributed by atoms with Gasteiger partial charge >= 0.3 is 0 Å². The van der Waals surface area contributed by atoms with E-state index in [0.29, 0.717) is 6.42 Å². The molecule has 3 nitrogen and oxygen atoms in total. The summed E-state index contributed by atoms with van der Waals surface area (Å²) < 4.78 is 22.8. The molecule has 0 aliphatic carbocycles. The second-order valence-electron chi connectivity index (χ2n) is 6.25. The Morgan fingerprint density at radius 2 is 1.63 bits per heavy atom. The smallest absolute Gasteiger partial charge is 0.152 e. The highest BCUT2D eigenvalue weighted by atomic mass is 32.2. The Labute approximate surface area is 116 Å². The highest BCUT2D eigenvalue weighted by Gasteiger charge is 2.24. The molecule has 2 atom stereocenters. The molecular formula is C15H24O3S. The van der Waals surface area contributed by atoms with Gasteiger partial charge < -0.3 is 5.11 Å². The Morgan fingerprint density at radius 3 is 2.00 bits per heavy atom. The summed E-state index contributed by atoms with van der Waals surface area (Å²) in [5, 5.41) is 9.22. The average molecular weight is 284 g/mol. The minimum Gasteiger partial charge on any atom is -0.391 e. The normalized spacial score (nSPS) is 16.1. The van der Waals surface area contributed by atoms with E-state index in [1.807, 2.05) is 24.3 Å². The molecule has 1 aromatic carbocycles. The molecule has 0 spiro atoms. The van der Waals surface area contributed by atoms with Gasteiger partial charge in [-0.25, -0.2) is 8.42 Å². The summed E-state index contributed by atoms with van der Waals surface area (Å²) in [7, 11) is -3.20.